The van der Waals surface area contributed by atoms with Crippen molar-refractivity contribution in [1.82, 2.24) is 0 Å². The Morgan fingerprint density at radius 2 is 1.87 bits per heavy atom. The maximum atomic E-state index is 13.6. The number of rotatable bonds is 5. The lowest BCUT2D eigenvalue weighted by Gasteiger charge is -2.12. The van der Waals surface area contributed by atoms with Gasteiger partial charge in [0.1, 0.15) is 22.3 Å². The molecule has 7 nitrogen and oxygen atoms in total. The van der Waals surface area contributed by atoms with Crippen LogP contribution in [-0.4, -0.2) is 20.5 Å². The fraction of sp³-hybridized carbons (Fsp3) is 0.0769. The number of nitro groups is 1. The van der Waals surface area contributed by atoms with Gasteiger partial charge in [0.25, 0.3) is 15.7 Å². The van der Waals surface area contributed by atoms with Gasteiger partial charge in [-0.25, -0.2) is 17.2 Å². The summed E-state index contributed by atoms with van der Waals surface area (Å²) >= 11 is 0. The highest BCUT2D eigenvalue weighted by Gasteiger charge is 2.24. The Hall–Kier alpha value is -2.75. The number of hydrogen-bond acceptors (Lipinski definition) is 5. The Morgan fingerprint density at radius 1 is 1.17 bits per heavy atom. The van der Waals surface area contributed by atoms with Gasteiger partial charge in [0.05, 0.1) is 17.7 Å². The molecule has 2 aromatic carbocycles. The van der Waals surface area contributed by atoms with Crippen molar-refractivity contribution in [3.8, 4) is 5.75 Å². The maximum absolute atomic E-state index is 13.6. The van der Waals surface area contributed by atoms with Crippen molar-refractivity contribution < 1.29 is 26.9 Å². The molecule has 0 aliphatic carbocycles. The largest absolute Gasteiger partial charge is 0.495 e. The van der Waals surface area contributed by atoms with Gasteiger partial charge in [-0.2, -0.15) is 0 Å². The van der Waals surface area contributed by atoms with E-state index in [-0.39, 0.29) is 5.75 Å². The minimum Gasteiger partial charge on any atom is -0.495 e. The Balaban J connectivity index is 2.52. The molecule has 2 rings (SSSR count). The van der Waals surface area contributed by atoms with Crippen LogP contribution in [0.4, 0.5) is 20.2 Å². The number of benzene rings is 2. The van der Waals surface area contributed by atoms with Gasteiger partial charge in [0, 0.05) is 18.2 Å². The molecule has 0 unspecified atom stereocenters. The molecule has 122 valence electrons. The van der Waals surface area contributed by atoms with Gasteiger partial charge < -0.3 is 4.74 Å². The molecule has 0 radical (unpaired) electrons. The fourth-order valence-electron chi connectivity index (χ4n) is 1.76. The van der Waals surface area contributed by atoms with Gasteiger partial charge in [0.15, 0.2) is 0 Å². The molecule has 0 fully saturated rings. The second-order valence-electron chi connectivity index (χ2n) is 4.32. The lowest BCUT2D eigenvalue weighted by Crippen LogP contribution is -2.15. The summed E-state index contributed by atoms with van der Waals surface area (Å²) < 4.78 is 58.0. The number of methoxy groups -OCH3 is 1. The first-order chi connectivity index (χ1) is 10.7. The Labute approximate surface area is 129 Å². The average molecular weight is 344 g/mol. The predicted octanol–water partition coefficient (Wildman–Crippen LogP) is 2.68. The van der Waals surface area contributed by atoms with E-state index in [2.05, 4.69) is 0 Å². The first-order valence-corrected chi connectivity index (χ1v) is 7.53. The molecule has 0 amide bonds. The van der Waals surface area contributed by atoms with Gasteiger partial charge in [0.2, 0.25) is 0 Å². The van der Waals surface area contributed by atoms with Crippen molar-refractivity contribution in [3.05, 3.63) is 58.1 Å². The molecule has 0 saturated carbocycles. The molecule has 0 aromatic heterocycles. The summed E-state index contributed by atoms with van der Waals surface area (Å²) in [6.07, 6.45) is 0. The van der Waals surface area contributed by atoms with E-state index in [0.717, 1.165) is 30.3 Å². The number of nitro benzene ring substituents is 1. The minimum absolute atomic E-state index is 0.181. The van der Waals surface area contributed by atoms with E-state index in [4.69, 9.17) is 4.74 Å². The second kappa shape index (κ2) is 6.16. The molecule has 23 heavy (non-hydrogen) atoms. The topological polar surface area (TPSA) is 98.5 Å². The third-order valence-corrected chi connectivity index (χ3v) is 4.21. The van der Waals surface area contributed by atoms with Crippen molar-refractivity contribution in [3.63, 3.8) is 0 Å². The molecule has 0 heterocycles. The molecule has 0 aliphatic rings. The first kappa shape index (κ1) is 16.6. The summed E-state index contributed by atoms with van der Waals surface area (Å²) in [5.41, 5.74) is -1.12. The molecular weight excluding hydrogens is 334 g/mol. The van der Waals surface area contributed by atoms with Gasteiger partial charge in [-0.15, -0.1) is 0 Å². The van der Waals surface area contributed by atoms with E-state index in [9.17, 15) is 27.3 Å². The van der Waals surface area contributed by atoms with Gasteiger partial charge >= 0.3 is 0 Å². The number of sulfonamides is 1. The van der Waals surface area contributed by atoms with Crippen molar-refractivity contribution in [2.75, 3.05) is 11.8 Å². The van der Waals surface area contributed by atoms with Crippen LogP contribution in [0.2, 0.25) is 0 Å². The van der Waals surface area contributed by atoms with Gasteiger partial charge in [-0.3, -0.25) is 14.8 Å². The molecule has 0 spiro atoms. The third-order valence-electron chi connectivity index (χ3n) is 2.82. The summed E-state index contributed by atoms with van der Waals surface area (Å²) in [6, 6.07) is 5.13. The Morgan fingerprint density at radius 3 is 2.48 bits per heavy atom. The van der Waals surface area contributed by atoms with Crippen LogP contribution in [0.15, 0.2) is 41.3 Å². The summed E-state index contributed by atoms with van der Waals surface area (Å²) in [6.45, 7) is 0. The highest BCUT2D eigenvalue weighted by molar-refractivity contribution is 7.92. The van der Waals surface area contributed by atoms with E-state index in [1.165, 1.54) is 7.11 Å². The monoisotopic (exact) mass is 344 g/mol. The zero-order chi connectivity index (χ0) is 17.2. The summed E-state index contributed by atoms with van der Waals surface area (Å²) in [7, 11) is -3.27. The zero-order valence-electron chi connectivity index (χ0n) is 11.6. The van der Waals surface area contributed by atoms with Crippen LogP contribution in [0.3, 0.4) is 0 Å². The zero-order valence-corrected chi connectivity index (χ0v) is 12.4. The standard InChI is InChI=1S/C13H10F2N2O5S/c1-22-12-5-3-9(17(18)19)7-13(12)23(20,21)16-11-6-8(14)2-4-10(11)15/h2-7,16H,1H3. The van der Waals surface area contributed by atoms with Crippen LogP contribution in [-0.2, 0) is 10.0 Å². The molecule has 1 N–H and O–H groups in total. The number of halogens is 2. The lowest BCUT2D eigenvalue weighted by molar-refractivity contribution is -0.385. The Kier molecular flexibility index (Phi) is 4.45. The summed E-state index contributed by atoms with van der Waals surface area (Å²) in [5.74, 6) is -2.03. The Bertz CT molecular complexity index is 871. The van der Waals surface area contributed by atoms with E-state index >= 15 is 0 Å². The van der Waals surface area contributed by atoms with E-state index in [1.54, 1.807) is 0 Å². The predicted molar refractivity (Wildman–Crippen MR) is 76.8 cm³/mol. The van der Waals surface area contributed by atoms with E-state index in [0.29, 0.717) is 6.07 Å². The molecule has 0 bridgehead atoms. The van der Waals surface area contributed by atoms with E-state index < -0.39 is 42.9 Å². The van der Waals surface area contributed by atoms with Crippen LogP contribution in [0.1, 0.15) is 0 Å². The quantitative estimate of drug-likeness (QED) is 0.664. The highest BCUT2D eigenvalue weighted by Crippen LogP contribution is 2.30. The van der Waals surface area contributed by atoms with Crippen LogP contribution >= 0.6 is 0 Å². The molecule has 0 aliphatic heterocycles. The van der Waals surface area contributed by atoms with E-state index in [1.807, 2.05) is 4.72 Å². The highest BCUT2D eigenvalue weighted by atomic mass is 32.2. The number of hydrogen-bond donors (Lipinski definition) is 1. The lowest BCUT2D eigenvalue weighted by atomic mass is 10.3. The van der Waals surface area contributed by atoms with Crippen molar-refractivity contribution >= 4 is 21.4 Å². The third kappa shape index (κ3) is 3.54. The minimum atomic E-state index is -4.44. The van der Waals surface area contributed by atoms with Crippen molar-refractivity contribution in [2.24, 2.45) is 0 Å². The van der Waals surface area contributed by atoms with Crippen LogP contribution in [0.25, 0.3) is 0 Å². The van der Waals surface area contributed by atoms with Crippen LogP contribution in [0, 0.1) is 21.7 Å². The SMILES string of the molecule is COc1ccc([N+](=O)[O-])cc1S(=O)(=O)Nc1cc(F)ccc1F. The fourth-order valence-corrected chi connectivity index (χ4v) is 3.01. The molecular formula is C13H10F2N2O5S. The molecule has 2 aromatic rings. The number of non-ortho nitro benzene ring substituents is 1. The number of nitrogens with zero attached hydrogens (tertiary/aromatic N) is 1. The molecule has 0 atom stereocenters. The molecule has 0 saturated heterocycles. The van der Waals surface area contributed by atoms with Crippen LogP contribution in [0.5, 0.6) is 5.75 Å². The normalized spacial score (nSPS) is 11.1. The van der Waals surface area contributed by atoms with Crippen LogP contribution < -0.4 is 9.46 Å². The summed E-state index contributed by atoms with van der Waals surface area (Å²) in [4.78, 5) is 9.41. The van der Waals surface area contributed by atoms with Crippen molar-refractivity contribution in [2.45, 2.75) is 4.90 Å². The molecule has 10 heteroatoms. The maximum Gasteiger partial charge on any atom is 0.271 e. The number of nitrogens with one attached hydrogen (secondary N) is 1. The number of anilines is 1. The first-order valence-electron chi connectivity index (χ1n) is 6.05. The van der Waals surface area contributed by atoms with Gasteiger partial charge in [-0.05, 0) is 18.2 Å². The average Bonchev–Trinajstić information content (AvgIpc) is 2.50. The number of ether oxygens (including phenoxy) is 1. The summed E-state index contributed by atoms with van der Waals surface area (Å²) in [5, 5.41) is 10.8. The smallest absolute Gasteiger partial charge is 0.271 e. The second-order valence-corrected chi connectivity index (χ2v) is 5.97. The van der Waals surface area contributed by atoms with Gasteiger partial charge in [-0.1, -0.05) is 0 Å². The van der Waals surface area contributed by atoms with Crippen molar-refractivity contribution in [1.29, 1.82) is 0 Å².